The zero-order chi connectivity index (χ0) is 18.7. The molecule has 0 spiro atoms. The van der Waals surface area contributed by atoms with Gasteiger partial charge in [0.2, 0.25) is 0 Å². The highest BCUT2D eigenvalue weighted by Crippen LogP contribution is 2.25. The minimum Gasteiger partial charge on any atom is -0.457 e. The van der Waals surface area contributed by atoms with Gasteiger partial charge in [-0.15, -0.1) is 0 Å². The fourth-order valence-corrected chi connectivity index (χ4v) is 4.37. The molecule has 1 atom stereocenters. The molecule has 2 heterocycles. The quantitative estimate of drug-likeness (QED) is 0.654. The van der Waals surface area contributed by atoms with Gasteiger partial charge in [0, 0.05) is 12.1 Å². The fourth-order valence-electron chi connectivity index (χ4n) is 2.70. The number of carbonyl (C=O) groups is 1. The maximum atomic E-state index is 13.8. The third-order valence-electron chi connectivity index (χ3n) is 3.99. The summed E-state index contributed by atoms with van der Waals surface area (Å²) in [5.41, 5.74) is 0.0509. The molecule has 2 aromatic rings. The predicted octanol–water partition coefficient (Wildman–Crippen LogP) is 2.30. The minimum atomic E-state index is -3.13. The van der Waals surface area contributed by atoms with Crippen molar-refractivity contribution in [3.8, 4) is 17.4 Å². The Kier molecular flexibility index (Phi) is 4.91. The summed E-state index contributed by atoms with van der Waals surface area (Å²) in [5, 5.41) is 11.7. The number of nitriles is 1. The highest BCUT2D eigenvalue weighted by Gasteiger charge is 2.29. The Morgan fingerprint density at radius 2 is 2.08 bits per heavy atom. The summed E-state index contributed by atoms with van der Waals surface area (Å²) in [7, 11) is -3.13. The molecule has 3 rings (SSSR count). The van der Waals surface area contributed by atoms with Crippen molar-refractivity contribution >= 4 is 21.8 Å². The Bertz CT molecular complexity index is 1020. The lowest BCUT2D eigenvalue weighted by Gasteiger charge is -2.09. The van der Waals surface area contributed by atoms with E-state index in [1.54, 1.807) is 30.3 Å². The van der Waals surface area contributed by atoms with Crippen molar-refractivity contribution in [3.05, 3.63) is 53.5 Å². The Morgan fingerprint density at radius 1 is 1.31 bits per heavy atom. The zero-order valence-electron chi connectivity index (χ0n) is 13.6. The lowest BCUT2D eigenvalue weighted by Crippen LogP contribution is -2.36. The van der Waals surface area contributed by atoms with Gasteiger partial charge in [0.25, 0.3) is 5.91 Å². The van der Waals surface area contributed by atoms with Gasteiger partial charge in [0.15, 0.2) is 9.84 Å². The first-order chi connectivity index (χ1) is 12.4. The van der Waals surface area contributed by atoms with Crippen LogP contribution in [0.3, 0.4) is 0 Å². The molecule has 8 heteroatoms. The van der Waals surface area contributed by atoms with Crippen molar-refractivity contribution in [2.24, 2.45) is 0 Å². The molecule has 0 saturated carbocycles. The lowest BCUT2D eigenvalue weighted by atomic mass is 10.1. The first-order valence-corrected chi connectivity index (χ1v) is 9.68. The minimum absolute atomic E-state index is 0.0216. The van der Waals surface area contributed by atoms with E-state index >= 15 is 0 Å². The van der Waals surface area contributed by atoms with Gasteiger partial charge in [0.1, 0.15) is 29.0 Å². The van der Waals surface area contributed by atoms with Crippen LogP contribution in [0.2, 0.25) is 0 Å². The third kappa shape index (κ3) is 4.00. The van der Waals surface area contributed by atoms with Crippen LogP contribution in [0, 0.1) is 17.1 Å². The number of nitrogens with one attached hydrogen (secondary N) is 1. The van der Waals surface area contributed by atoms with Crippen LogP contribution >= 0.6 is 0 Å². The van der Waals surface area contributed by atoms with E-state index in [0.29, 0.717) is 6.42 Å². The summed E-state index contributed by atoms with van der Waals surface area (Å²) in [6, 6.07) is 10.4. The van der Waals surface area contributed by atoms with Crippen LogP contribution in [0.1, 0.15) is 12.2 Å². The fraction of sp³-hybridized carbons (Fsp3) is 0.222. The number of sulfone groups is 1. The standard InChI is InChI=1S/C18H15FN2O4S/c19-16-4-2-1-3-15(16)17-6-5-14(25-17)9-12(10-20)18(22)21-13-7-8-26(23,24)11-13/h1-6,9,13H,7-8,11H2,(H,21,22). The van der Waals surface area contributed by atoms with Gasteiger partial charge >= 0.3 is 0 Å². The Morgan fingerprint density at radius 3 is 2.73 bits per heavy atom. The van der Waals surface area contributed by atoms with Crippen LogP contribution in [0.25, 0.3) is 17.4 Å². The van der Waals surface area contributed by atoms with Crippen LogP contribution in [0.5, 0.6) is 0 Å². The lowest BCUT2D eigenvalue weighted by molar-refractivity contribution is -0.117. The van der Waals surface area contributed by atoms with E-state index in [-0.39, 0.29) is 34.2 Å². The monoisotopic (exact) mass is 374 g/mol. The molecule has 0 bridgehead atoms. The third-order valence-corrected chi connectivity index (χ3v) is 5.75. The van der Waals surface area contributed by atoms with Crippen LogP contribution in [0.4, 0.5) is 4.39 Å². The highest BCUT2D eigenvalue weighted by atomic mass is 32.2. The molecule has 134 valence electrons. The van der Waals surface area contributed by atoms with E-state index in [2.05, 4.69) is 5.32 Å². The van der Waals surface area contributed by atoms with E-state index in [4.69, 9.17) is 4.42 Å². The highest BCUT2D eigenvalue weighted by molar-refractivity contribution is 7.91. The molecule has 1 saturated heterocycles. The SMILES string of the molecule is N#CC(=Cc1ccc(-c2ccccc2F)o1)C(=O)NC1CCS(=O)(=O)C1. The smallest absolute Gasteiger partial charge is 0.262 e. The van der Waals surface area contributed by atoms with E-state index in [1.807, 2.05) is 0 Å². The second-order valence-corrected chi connectivity index (χ2v) is 8.15. The van der Waals surface area contributed by atoms with Gasteiger partial charge in [-0.25, -0.2) is 12.8 Å². The van der Waals surface area contributed by atoms with E-state index in [1.165, 1.54) is 18.2 Å². The second-order valence-electron chi connectivity index (χ2n) is 5.93. The molecule has 0 aliphatic carbocycles. The van der Waals surface area contributed by atoms with Crippen molar-refractivity contribution in [1.29, 1.82) is 5.26 Å². The van der Waals surface area contributed by atoms with Gasteiger partial charge in [-0.1, -0.05) is 12.1 Å². The molecule has 1 unspecified atom stereocenters. The average Bonchev–Trinajstić information content (AvgIpc) is 3.19. The Labute approximate surface area is 149 Å². The number of rotatable bonds is 4. The van der Waals surface area contributed by atoms with Crippen LogP contribution < -0.4 is 5.32 Å². The van der Waals surface area contributed by atoms with E-state index in [0.717, 1.165) is 0 Å². The van der Waals surface area contributed by atoms with Crippen LogP contribution in [0.15, 0.2) is 46.4 Å². The number of hydrogen-bond donors (Lipinski definition) is 1. The second kappa shape index (κ2) is 7.14. The molecule has 1 aliphatic rings. The van der Waals surface area contributed by atoms with Crippen molar-refractivity contribution < 1.29 is 22.0 Å². The topological polar surface area (TPSA) is 100 Å². The van der Waals surface area contributed by atoms with Gasteiger partial charge in [0.05, 0.1) is 17.1 Å². The molecule has 1 fully saturated rings. The number of benzene rings is 1. The summed E-state index contributed by atoms with van der Waals surface area (Å²) >= 11 is 0. The largest absolute Gasteiger partial charge is 0.457 e. The van der Waals surface area contributed by atoms with Gasteiger partial charge < -0.3 is 9.73 Å². The molecule has 26 heavy (non-hydrogen) atoms. The van der Waals surface area contributed by atoms with Crippen LogP contribution in [-0.4, -0.2) is 31.9 Å². The molecule has 1 aromatic heterocycles. The number of amides is 1. The van der Waals surface area contributed by atoms with Crippen molar-refractivity contribution in [1.82, 2.24) is 5.32 Å². The van der Waals surface area contributed by atoms with Gasteiger partial charge in [-0.05, 0) is 30.7 Å². The van der Waals surface area contributed by atoms with E-state index < -0.39 is 27.6 Å². The van der Waals surface area contributed by atoms with Crippen molar-refractivity contribution in [2.75, 3.05) is 11.5 Å². The summed E-state index contributed by atoms with van der Waals surface area (Å²) in [6.45, 7) is 0. The molecular formula is C18H15FN2O4S. The molecule has 1 N–H and O–H groups in total. The molecular weight excluding hydrogens is 359 g/mol. The molecule has 0 radical (unpaired) electrons. The Balaban J connectivity index is 1.76. The summed E-state index contributed by atoms with van der Waals surface area (Å²) in [4.78, 5) is 12.2. The van der Waals surface area contributed by atoms with Crippen molar-refractivity contribution in [2.45, 2.75) is 12.5 Å². The molecule has 1 amide bonds. The number of nitrogens with zero attached hydrogens (tertiary/aromatic N) is 1. The first kappa shape index (κ1) is 17.9. The number of carbonyl (C=O) groups excluding carboxylic acids is 1. The van der Waals surface area contributed by atoms with Crippen LogP contribution in [-0.2, 0) is 14.6 Å². The van der Waals surface area contributed by atoms with E-state index in [9.17, 15) is 22.9 Å². The molecule has 1 aliphatic heterocycles. The Hall–Kier alpha value is -2.92. The maximum Gasteiger partial charge on any atom is 0.262 e. The average molecular weight is 374 g/mol. The molecule has 1 aromatic carbocycles. The first-order valence-electron chi connectivity index (χ1n) is 7.86. The predicted molar refractivity (Wildman–Crippen MR) is 92.9 cm³/mol. The normalized spacial score (nSPS) is 19.1. The number of hydrogen-bond acceptors (Lipinski definition) is 5. The van der Waals surface area contributed by atoms with Gasteiger partial charge in [-0.3, -0.25) is 4.79 Å². The maximum absolute atomic E-state index is 13.8. The molecule has 6 nitrogen and oxygen atoms in total. The van der Waals surface area contributed by atoms with Crippen molar-refractivity contribution in [3.63, 3.8) is 0 Å². The number of halogens is 1. The van der Waals surface area contributed by atoms with Gasteiger partial charge in [-0.2, -0.15) is 5.26 Å². The summed E-state index contributed by atoms with van der Waals surface area (Å²) < 4.78 is 42.2. The number of furan rings is 1. The zero-order valence-corrected chi connectivity index (χ0v) is 14.4. The summed E-state index contributed by atoms with van der Waals surface area (Å²) in [6.07, 6.45) is 1.56. The summed E-state index contributed by atoms with van der Waals surface area (Å²) in [5.74, 6) is -0.733.